The highest BCUT2D eigenvalue weighted by molar-refractivity contribution is 5.95. The summed E-state index contributed by atoms with van der Waals surface area (Å²) in [6, 6.07) is 9.49. The third-order valence-electron chi connectivity index (χ3n) is 5.45. The molecule has 3 aromatic heterocycles. The van der Waals surface area contributed by atoms with E-state index in [2.05, 4.69) is 30.2 Å². The van der Waals surface area contributed by atoms with Crippen LogP contribution in [0.1, 0.15) is 0 Å². The smallest absolute Gasteiger partial charge is 0.316 e. The Bertz CT molecular complexity index is 1340. The summed E-state index contributed by atoms with van der Waals surface area (Å²) in [6.07, 6.45) is 4.11. The number of hydrogen-bond acceptors (Lipinski definition) is 8. The lowest BCUT2D eigenvalue weighted by atomic mass is 10.1. The molecule has 0 aliphatic carbocycles. The van der Waals surface area contributed by atoms with E-state index in [-0.39, 0.29) is 22.6 Å². The quantitative estimate of drug-likeness (QED) is 0.480. The maximum atomic E-state index is 14.7. The molecule has 1 aromatic carbocycles. The van der Waals surface area contributed by atoms with Crippen molar-refractivity contribution in [1.29, 1.82) is 0 Å². The number of anilines is 3. The molecule has 0 bridgehead atoms. The fourth-order valence-electron chi connectivity index (χ4n) is 3.75. The highest BCUT2D eigenvalue weighted by atomic mass is 19.1. The Balaban J connectivity index is 1.54. The van der Waals surface area contributed by atoms with Crippen molar-refractivity contribution in [3.8, 4) is 17.3 Å². The SMILES string of the molecule is COc1ncc(-c2cc3c(F)c[nH]c(=O)c3c(Nc3ccc(N4CCOCC4)cc3)n2)cn1. The van der Waals surface area contributed by atoms with E-state index in [4.69, 9.17) is 9.47 Å². The first-order valence-corrected chi connectivity index (χ1v) is 10.4. The average Bonchev–Trinajstić information content (AvgIpc) is 2.87. The zero-order valence-corrected chi connectivity index (χ0v) is 17.8. The number of hydrogen-bond donors (Lipinski definition) is 2. The number of rotatable bonds is 5. The molecule has 0 radical (unpaired) electrons. The molecule has 0 saturated carbocycles. The maximum absolute atomic E-state index is 14.7. The van der Waals surface area contributed by atoms with Gasteiger partial charge in [-0.25, -0.2) is 19.3 Å². The van der Waals surface area contributed by atoms with Gasteiger partial charge in [0.1, 0.15) is 11.6 Å². The summed E-state index contributed by atoms with van der Waals surface area (Å²) < 4.78 is 25.1. The van der Waals surface area contributed by atoms with E-state index in [0.29, 0.717) is 30.2 Å². The number of aromatic amines is 1. The van der Waals surface area contributed by atoms with Crippen molar-refractivity contribution in [2.45, 2.75) is 0 Å². The van der Waals surface area contributed by atoms with Crippen molar-refractivity contribution < 1.29 is 13.9 Å². The van der Waals surface area contributed by atoms with Crippen molar-refractivity contribution in [2.24, 2.45) is 0 Å². The molecule has 0 atom stereocenters. The Kier molecular flexibility index (Phi) is 5.57. The van der Waals surface area contributed by atoms with Gasteiger partial charge >= 0.3 is 6.01 Å². The topological polar surface area (TPSA) is 105 Å². The summed E-state index contributed by atoms with van der Waals surface area (Å²) >= 11 is 0. The normalized spacial score (nSPS) is 13.8. The van der Waals surface area contributed by atoms with E-state index >= 15 is 0 Å². The molecule has 0 unspecified atom stereocenters. The van der Waals surface area contributed by atoms with E-state index in [9.17, 15) is 9.18 Å². The van der Waals surface area contributed by atoms with E-state index in [1.807, 2.05) is 24.3 Å². The number of nitrogens with zero attached hydrogens (tertiary/aromatic N) is 4. The summed E-state index contributed by atoms with van der Waals surface area (Å²) in [4.78, 5) is 30.0. The third kappa shape index (κ3) is 4.20. The van der Waals surface area contributed by atoms with Crippen molar-refractivity contribution >= 4 is 28.0 Å². The Labute approximate surface area is 188 Å². The molecule has 10 heteroatoms. The van der Waals surface area contributed by atoms with Gasteiger partial charge in [-0.05, 0) is 30.3 Å². The predicted octanol–water partition coefficient (Wildman–Crippen LogP) is 3.11. The van der Waals surface area contributed by atoms with Crippen LogP contribution in [0.4, 0.5) is 21.6 Å². The summed E-state index contributed by atoms with van der Waals surface area (Å²) in [5.74, 6) is -0.327. The molecule has 1 fully saturated rings. The number of benzene rings is 1. The second-order valence-electron chi connectivity index (χ2n) is 7.47. The van der Waals surface area contributed by atoms with Gasteiger partial charge in [-0.3, -0.25) is 4.79 Å². The molecule has 4 heterocycles. The van der Waals surface area contributed by atoms with E-state index in [1.165, 1.54) is 25.6 Å². The molecule has 5 rings (SSSR count). The minimum absolute atomic E-state index is 0.130. The first kappa shape index (κ1) is 20.8. The van der Waals surface area contributed by atoms with Gasteiger partial charge in [0, 0.05) is 54.0 Å². The van der Waals surface area contributed by atoms with Gasteiger partial charge in [0.05, 0.1) is 31.4 Å². The molecule has 9 nitrogen and oxygen atoms in total. The Morgan fingerprint density at radius 2 is 1.88 bits per heavy atom. The fraction of sp³-hybridized carbons (Fsp3) is 0.217. The van der Waals surface area contributed by atoms with Gasteiger partial charge in [-0.15, -0.1) is 0 Å². The van der Waals surface area contributed by atoms with Crippen LogP contribution in [0.3, 0.4) is 0 Å². The molecule has 0 spiro atoms. The number of halogens is 1. The average molecular weight is 448 g/mol. The van der Waals surface area contributed by atoms with Crippen LogP contribution in [0.2, 0.25) is 0 Å². The third-order valence-corrected chi connectivity index (χ3v) is 5.45. The molecule has 2 N–H and O–H groups in total. The van der Waals surface area contributed by atoms with E-state index in [0.717, 1.165) is 25.0 Å². The minimum Gasteiger partial charge on any atom is -0.467 e. The fourth-order valence-corrected chi connectivity index (χ4v) is 3.75. The van der Waals surface area contributed by atoms with Crippen molar-refractivity contribution in [2.75, 3.05) is 43.6 Å². The van der Waals surface area contributed by atoms with Crippen LogP contribution in [0.15, 0.2) is 53.7 Å². The summed E-state index contributed by atoms with van der Waals surface area (Å²) in [6.45, 7) is 3.07. The number of methoxy groups -OCH3 is 1. The molecular weight excluding hydrogens is 427 g/mol. The zero-order chi connectivity index (χ0) is 22.8. The van der Waals surface area contributed by atoms with Crippen LogP contribution in [-0.2, 0) is 4.74 Å². The summed E-state index contributed by atoms with van der Waals surface area (Å²) in [5, 5.41) is 3.45. The standard InChI is InChI=1S/C23H21FN6O3/c1-32-23-26-11-14(12-27-23)19-10-17-18(24)13-25-22(31)20(17)21(29-19)28-15-2-4-16(5-3-15)30-6-8-33-9-7-30/h2-5,10-13H,6-9H2,1H3,(H,25,31)(H,28,29). The minimum atomic E-state index is -0.562. The van der Waals surface area contributed by atoms with E-state index in [1.54, 1.807) is 0 Å². The van der Waals surface area contributed by atoms with Gasteiger partial charge in [-0.1, -0.05) is 0 Å². The number of morpholine rings is 1. The van der Waals surface area contributed by atoms with Crippen LogP contribution >= 0.6 is 0 Å². The molecule has 1 saturated heterocycles. The van der Waals surface area contributed by atoms with Gasteiger partial charge in [0.15, 0.2) is 0 Å². The number of fused-ring (bicyclic) bond motifs is 1. The molecule has 4 aromatic rings. The van der Waals surface area contributed by atoms with Crippen molar-refractivity contribution in [3.05, 3.63) is 65.1 Å². The maximum Gasteiger partial charge on any atom is 0.316 e. The van der Waals surface area contributed by atoms with Crippen molar-refractivity contribution in [1.82, 2.24) is 19.9 Å². The number of pyridine rings is 2. The first-order chi connectivity index (χ1) is 16.1. The lowest BCUT2D eigenvalue weighted by Gasteiger charge is -2.28. The number of aromatic nitrogens is 4. The van der Waals surface area contributed by atoms with Crippen LogP contribution < -0.4 is 20.5 Å². The Morgan fingerprint density at radius 3 is 2.58 bits per heavy atom. The van der Waals surface area contributed by atoms with Gasteiger partial charge in [0.25, 0.3) is 5.56 Å². The number of nitrogens with one attached hydrogen (secondary N) is 2. The molecule has 1 aliphatic heterocycles. The second-order valence-corrected chi connectivity index (χ2v) is 7.47. The molecule has 1 aliphatic rings. The van der Waals surface area contributed by atoms with Gasteiger partial charge in [0.2, 0.25) is 0 Å². The van der Waals surface area contributed by atoms with Crippen LogP contribution in [0.25, 0.3) is 22.0 Å². The lowest BCUT2D eigenvalue weighted by Crippen LogP contribution is -2.36. The molecule has 33 heavy (non-hydrogen) atoms. The second kappa shape index (κ2) is 8.83. The Morgan fingerprint density at radius 1 is 1.15 bits per heavy atom. The van der Waals surface area contributed by atoms with E-state index < -0.39 is 11.4 Å². The molecule has 168 valence electrons. The molecule has 0 amide bonds. The monoisotopic (exact) mass is 448 g/mol. The summed E-state index contributed by atoms with van der Waals surface area (Å²) in [5.41, 5.74) is 2.33. The lowest BCUT2D eigenvalue weighted by molar-refractivity contribution is 0.122. The van der Waals surface area contributed by atoms with Crippen molar-refractivity contribution in [3.63, 3.8) is 0 Å². The van der Waals surface area contributed by atoms with Gasteiger partial charge < -0.3 is 24.7 Å². The zero-order valence-electron chi connectivity index (χ0n) is 17.8. The largest absolute Gasteiger partial charge is 0.467 e. The highest BCUT2D eigenvalue weighted by Crippen LogP contribution is 2.29. The molecular formula is C23H21FN6O3. The number of H-pyrrole nitrogens is 1. The van der Waals surface area contributed by atoms with Crippen LogP contribution in [0.5, 0.6) is 6.01 Å². The van der Waals surface area contributed by atoms with Crippen LogP contribution in [0, 0.1) is 5.82 Å². The predicted molar refractivity (Wildman–Crippen MR) is 123 cm³/mol. The Hall–Kier alpha value is -4.05. The highest BCUT2D eigenvalue weighted by Gasteiger charge is 2.16. The number of ether oxygens (including phenoxy) is 2. The van der Waals surface area contributed by atoms with Crippen LogP contribution in [-0.4, -0.2) is 53.3 Å². The first-order valence-electron chi connectivity index (χ1n) is 10.4. The van der Waals surface area contributed by atoms with Gasteiger partial charge in [-0.2, -0.15) is 0 Å². The summed E-state index contributed by atoms with van der Waals surface area (Å²) in [7, 11) is 1.47.